The molecule has 0 fully saturated rings. The van der Waals surface area contributed by atoms with Crippen molar-refractivity contribution >= 4 is 23.0 Å². The average molecular weight is 409 g/mol. The second-order valence-electron chi connectivity index (χ2n) is 6.88. The molecular formula is C25H19N3O3. The van der Waals surface area contributed by atoms with Gasteiger partial charge in [0, 0.05) is 28.9 Å². The molecule has 0 spiro atoms. The number of carbonyl (C=O) groups excluding carboxylic acids is 1. The molecule has 0 saturated carbocycles. The lowest BCUT2D eigenvalue weighted by atomic mass is 10.1. The number of aliphatic hydroxyl groups is 2. The summed E-state index contributed by atoms with van der Waals surface area (Å²) in [6.07, 6.45) is 2.42. The van der Waals surface area contributed by atoms with Crippen LogP contribution in [-0.2, 0) is 11.3 Å². The van der Waals surface area contributed by atoms with Crippen LogP contribution < -0.4 is 4.90 Å². The molecule has 0 aliphatic rings. The second kappa shape index (κ2) is 9.18. The molecule has 0 radical (unpaired) electrons. The first-order valence-electron chi connectivity index (χ1n) is 9.63. The van der Waals surface area contributed by atoms with Gasteiger partial charge in [-0.2, -0.15) is 0 Å². The van der Waals surface area contributed by atoms with Crippen molar-refractivity contribution < 1.29 is 15.0 Å². The van der Waals surface area contributed by atoms with Crippen LogP contribution in [-0.4, -0.2) is 26.6 Å². The topological polar surface area (TPSA) is 86.6 Å². The molecule has 4 aromatic rings. The van der Waals surface area contributed by atoms with E-state index in [1.807, 2.05) is 54.6 Å². The van der Waals surface area contributed by atoms with Crippen LogP contribution in [0.15, 0.2) is 79.1 Å². The SMILES string of the molecule is O=CN(Cc1cnc2ccccc2c1)c1ccccc1C#Cc1ccc(C(O)O)nc1. The summed E-state index contributed by atoms with van der Waals surface area (Å²) in [7, 11) is 0. The molecule has 6 heteroatoms. The van der Waals surface area contributed by atoms with Gasteiger partial charge in [0.15, 0.2) is 6.29 Å². The van der Waals surface area contributed by atoms with Gasteiger partial charge in [-0.25, -0.2) is 0 Å². The summed E-state index contributed by atoms with van der Waals surface area (Å²) < 4.78 is 0. The van der Waals surface area contributed by atoms with E-state index in [0.717, 1.165) is 22.9 Å². The summed E-state index contributed by atoms with van der Waals surface area (Å²) in [6.45, 7) is 0.366. The Morgan fingerprint density at radius 1 is 0.935 bits per heavy atom. The summed E-state index contributed by atoms with van der Waals surface area (Å²) in [5, 5.41) is 19.3. The number of fused-ring (bicyclic) bond motifs is 1. The zero-order valence-corrected chi connectivity index (χ0v) is 16.5. The number of hydrogen-bond donors (Lipinski definition) is 2. The Bertz CT molecular complexity index is 1270. The maximum absolute atomic E-state index is 11.9. The van der Waals surface area contributed by atoms with Gasteiger partial charge in [-0.3, -0.25) is 14.8 Å². The fraction of sp³-hybridized carbons (Fsp3) is 0.0800. The van der Waals surface area contributed by atoms with Gasteiger partial charge >= 0.3 is 0 Å². The number of hydrogen-bond acceptors (Lipinski definition) is 5. The summed E-state index contributed by atoms with van der Waals surface area (Å²) in [5.74, 6) is 6.08. The normalized spacial score (nSPS) is 10.5. The first-order valence-corrected chi connectivity index (χ1v) is 9.63. The number of carbonyl (C=O) groups is 1. The minimum absolute atomic E-state index is 0.155. The summed E-state index contributed by atoms with van der Waals surface area (Å²) >= 11 is 0. The minimum atomic E-state index is -1.62. The van der Waals surface area contributed by atoms with Crippen molar-refractivity contribution in [2.24, 2.45) is 0 Å². The standard InChI is InChI=1S/C25H19N3O3/c29-17-28(16-19-13-21-6-1-3-7-22(21)26-15-19)24-8-4-2-5-20(24)11-9-18-10-12-23(25(30)31)27-14-18/h1-8,10,12-15,17,25,30-31H,16H2. The largest absolute Gasteiger partial charge is 0.363 e. The molecule has 2 aromatic heterocycles. The van der Waals surface area contributed by atoms with E-state index in [0.29, 0.717) is 23.4 Å². The van der Waals surface area contributed by atoms with Crippen LogP contribution in [0.25, 0.3) is 10.9 Å². The van der Waals surface area contributed by atoms with Gasteiger partial charge in [-0.05, 0) is 42.0 Å². The van der Waals surface area contributed by atoms with Gasteiger partial charge in [0.2, 0.25) is 6.41 Å². The van der Waals surface area contributed by atoms with Crippen LogP contribution in [0.5, 0.6) is 0 Å². The summed E-state index contributed by atoms with van der Waals surface area (Å²) in [6, 6.07) is 20.4. The fourth-order valence-electron chi connectivity index (χ4n) is 3.18. The number of amides is 1. The highest BCUT2D eigenvalue weighted by Crippen LogP contribution is 2.22. The Morgan fingerprint density at radius 2 is 1.74 bits per heavy atom. The van der Waals surface area contributed by atoms with Crippen LogP contribution >= 0.6 is 0 Å². The zero-order chi connectivity index (χ0) is 21.6. The Hall–Kier alpha value is -4.05. The van der Waals surface area contributed by atoms with Crippen molar-refractivity contribution in [2.45, 2.75) is 12.8 Å². The third-order valence-electron chi connectivity index (χ3n) is 4.73. The Balaban J connectivity index is 1.61. The molecule has 0 bridgehead atoms. The molecule has 2 N–H and O–H groups in total. The third-order valence-corrected chi connectivity index (χ3v) is 4.73. The molecule has 152 valence electrons. The fourth-order valence-corrected chi connectivity index (χ4v) is 3.18. The molecule has 0 atom stereocenters. The summed E-state index contributed by atoms with van der Waals surface area (Å²) in [4.78, 5) is 21.9. The maximum Gasteiger partial charge on any atom is 0.214 e. The molecule has 4 rings (SSSR count). The van der Waals surface area contributed by atoms with E-state index in [1.54, 1.807) is 17.2 Å². The van der Waals surface area contributed by atoms with E-state index in [4.69, 9.17) is 10.2 Å². The van der Waals surface area contributed by atoms with Gasteiger partial charge in [0.05, 0.1) is 23.4 Å². The Labute approximate surface area is 179 Å². The third kappa shape index (κ3) is 4.75. The Morgan fingerprint density at radius 3 is 2.52 bits per heavy atom. The van der Waals surface area contributed by atoms with Gasteiger partial charge in [-0.1, -0.05) is 42.2 Å². The predicted molar refractivity (Wildman–Crippen MR) is 118 cm³/mol. The second-order valence-corrected chi connectivity index (χ2v) is 6.88. The molecule has 6 nitrogen and oxygen atoms in total. The monoisotopic (exact) mass is 409 g/mol. The molecule has 0 unspecified atom stereocenters. The first kappa shape index (κ1) is 20.2. The van der Waals surface area contributed by atoms with E-state index in [1.165, 1.54) is 12.3 Å². The number of pyridine rings is 2. The average Bonchev–Trinajstić information content (AvgIpc) is 2.81. The van der Waals surface area contributed by atoms with E-state index in [-0.39, 0.29) is 5.69 Å². The van der Waals surface area contributed by atoms with E-state index >= 15 is 0 Å². The zero-order valence-electron chi connectivity index (χ0n) is 16.5. The molecule has 0 saturated heterocycles. The van der Waals surface area contributed by atoms with Crippen molar-refractivity contribution in [2.75, 3.05) is 4.90 Å². The lowest BCUT2D eigenvalue weighted by Gasteiger charge is -2.19. The predicted octanol–water partition coefficient (Wildman–Crippen LogP) is 3.18. The van der Waals surface area contributed by atoms with Gasteiger partial charge in [-0.15, -0.1) is 0 Å². The molecule has 0 aliphatic heterocycles. The van der Waals surface area contributed by atoms with Crippen molar-refractivity contribution in [3.63, 3.8) is 0 Å². The lowest BCUT2D eigenvalue weighted by molar-refractivity contribution is -0.107. The molecule has 2 aromatic carbocycles. The lowest BCUT2D eigenvalue weighted by Crippen LogP contribution is -2.21. The van der Waals surface area contributed by atoms with Crippen LogP contribution in [0.2, 0.25) is 0 Å². The number of aromatic nitrogens is 2. The number of aliphatic hydroxyl groups excluding tert-OH is 1. The van der Waals surface area contributed by atoms with E-state index < -0.39 is 6.29 Å². The number of anilines is 1. The van der Waals surface area contributed by atoms with Gasteiger partial charge in [0.1, 0.15) is 0 Å². The first-order chi connectivity index (χ1) is 15.1. The highest BCUT2D eigenvalue weighted by Gasteiger charge is 2.11. The molecule has 1 amide bonds. The van der Waals surface area contributed by atoms with E-state index in [9.17, 15) is 4.79 Å². The van der Waals surface area contributed by atoms with Crippen molar-refractivity contribution in [3.05, 3.63) is 102 Å². The summed E-state index contributed by atoms with van der Waals surface area (Å²) in [5.41, 5.74) is 3.97. The van der Waals surface area contributed by atoms with Crippen molar-refractivity contribution in [3.8, 4) is 11.8 Å². The van der Waals surface area contributed by atoms with E-state index in [2.05, 4.69) is 21.8 Å². The molecule has 2 heterocycles. The number of nitrogens with zero attached hydrogens (tertiary/aromatic N) is 3. The maximum atomic E-state index is 11.9. The number of para-hydroxylation sites is 2. The van der Waals surface area contributed by atoms with Crippen LogP contribution in [0, 0.1) is 11.8 Å². The Kier molecular flexibility index (Phi) is 5.99. The number of benzene rings is 2. The molecular weight excluding hydrogens is 390 g/mol. The van der Waals surface area contributed by atoms with Gasteiger partial charge in [0.25, 0.3) is 0 Å². The minimum Gasteiger partial charge on any atom is -0.363 e. The number of rotatable bonds is 5. The quantitative estimate of drug-likeness (QED) is 0.300. The molecule has 31 heavy (non-hydrogen) atoms. The van der Waals surface area contributed by atoms with Crippen molar-refractivity contribution in [1.29, 1.82) is 0 Å². The van der Waals surface area contributed by atoms with Crippen LogP contribution in [0.3, 0.4) is 0 Å². The van der Waals surface area contributed by atoms with Crippen LogP contribution in [0.4, 0.5) is 5.69 Å². The smallest absolute Gasteiger partial charge is 0.214 e. The van der Waals surface area contributed by atoms with Crippen molar-refractivity contribution in [1.82, 2.24) is 9.97 Å². The highest BCUT2D eigenvalue weighted by atomic mass is 16.5. The molecule has 0 aliphatic carbocycles. The van der Waals surface area contributed by atoms with Gasteiger partial charge < -0.3 is 15.1 Å². The highest BCUT2D eigenvalue weighted by molar-refractivity contribution is 5.81. The van der Waals surface area contributed by atoms with Crippen LogP contribution in [0.1, 0.15) is 28.7 Å².